The van der Waals surface area contributed by atoms with Crippen molar-refractivity contribution in [3.8, 4) is 0 Å². The highest BCUT2D eigenvalue weighted by atomic mass is 79.9. The van der Waals surface area contributed by atoms with Crippen LogP contribution in [-0.2, 0) is 9.53 Å². The van der Waals surface area contributed by atoms with Crippen molar-refractivity contribution < 1.29 is 14.3 Å². The van der Waals surface area contributed by atoms with Gasteiger partial charge in [0.05, 0.1) is 15.8 Å². The summed E-state index contributed by atoms with van der Waals surface area (Å²) in [6, 6.07) is 2.96. The predicted octanol–water partition coefficient (Wildman–Crippen LogP) is 2.97. The van der Waals surface area contributed by atoms with Crippen molar-refractivity contribution in [2.45, 2.75) is 32.2 Å². The maximum absolute atomic E-state index is 11.9. The molecule has 6 heteroatoms. The smallest absolute Gasteiger partial charge is 0.328 e. The second kappa shape index (κ2) is 7.53. The third-order valence-electron chi connectivity index (χ3n) is 2.43. The molecule has 1 heterocycles. The summed E-state index contributed by atoms with van der Waals surface area (Å²) >= 11 is 4.63. The number of carbonyl (C=O) groups is 2. The number of methoxy groups -OCH3 is 1. The van der Waals surface area contributed by atoms with Gasteiger partial charge in [0.25, 0.3) is 5.91 Å². The van der Waals surface area contributed by atoms with E-state index in [2.05, 4.69) is 21.2 Å². The molecule has 0 saturated carbocycles. The molecule has 1 rings (SSSR count). The molecular formula is C12H16BrNO3S. The van der Waals surface area contributed by atoms with Gasteiger partial charge in [-0.2, -0.15) is 0 Å². The van der Waals surface area contributed by atoms with Crippen molar-refractivity contribution in [2.75, 3.05) is 7.11 Å². The minimum atomic E-state index is -0.566. The minimum Gasteiger partial charge on any atom is -0.467 e. The first kappa shape index (κ1) is 15.2. The van der Waals surface area contributed by atoms with Crippen molar-refractivity contribution >= 4 is 39.1 Å². The number of esters is 1. The molecule has 1 amide bonds. The Kier molecular flexibility index (Phi) is 6.35. The lowest BCUT2D eigenvalue weighted by atomic mass is 10.1. The third-order valence-corrected chi connectivity index (χ3v) is 4.06. The molecule has 1 aromatic rings. The first-order valence-corrected chi connectivity index (χ1v) is 7.33. The van der Waals surface area contributed by atoms with Crippen molar-refractivity contribution in [1.29, 1.82) is 0 Å². The van der Waals surface area contributed by atoms with Crippen LogP contribution in [0.2, 0.25) is 0 Å². The van der Waals surface area contributed by atoms with Gasteiger partial charge in [-0.05, 0) is 34.5 Å². The van der Waals surface area contributed by atoms with E-state index in [1.807, 2.05) is 6.92 Å². The Bertz CT molecular complexity index is 419. The Morgan fingerprint density at radius 3 is 2.72 bits per heavy atom. The number of hydrogen-bond donors (Lipinski definition) is 1. The summed E-state index contributed by atoms with van der Waals surface area (Å²) in [7, 11) is 1.33. The first-order chi connectivity index (χ1) is 8.58. The van der Waals surface area contributed by atoms with E-state index in [0.717, 1.165) is 16.6 Å². The largest absolute Gasteiger partial charge is 0.467 e. The third kappa shape index (κ3) is 4.42. The minimum absolute atomic E-state index is 0.239. The molecule has 100 valence electrons. The summed E-state index contributed by atoms with van der Waals surface area (Å²) in [5.74, 6) is -0.635. The molecule has 0 aliphatic heterocycles. The summed E-state index contributed by atoms with van der Waals surface area (Å²) in [4.78, 5) is 24.0. The van der Waals surface area contributed by atoms with E-state index in [-0.39, 0.29) is 5.91 Å². The van der Waals surface area contributed by atoms with E-state index in [1.54, 1.807) is 12.1 Å². The fourth-order valence-electron chi connectivity index (χ4n) is 1.47. The molecule has 0 aliphatic carbocycles. The topological polar surface area (TPSA) is 55.4 Å². The molecule has 0 spiro atoms. The van der Waals surface area contributed by atoms with E-state index in [9.17, 15) is 9.59 Å². The van der Waals surface area contributed by atoms with Gasteiger partial charge >= 0.3 is 5.97 Å². The van der Waals surface area contributed by atoms with Crippen LogP contribution in [0.25, 0.3) is 0 Å². The molecule has 0 aliphatic rings. The van der Waals surface area contributed by atoms with Gasteiger partial charge in [0, 0.05) is 0 Å². The maximum atomic E-state index is 11.9. The lowest BCUT2D eigenvalue weighted by molar-refractivity contribution is -0.143. The predicted molar refractivity (Wildman–Crippen MR) is 74.8 cm³/mol. The number of hydrogen-bond acceptors (Lipinski definition) is 4. The molecule has 4 nitrogen and oxygen atoms in total. The average Bonchev–Trinajstić information content (AvgIpc) is 2.80. The molecule has 0 aromatic carbocycles. The Balaban J connectivity index is 2.64. The summed E-state index contributed by atoms with van der Waals surface area (Å²) in [5, 5.41) is 2.71. The number of amides is 1. The Morgan fingerprint density at radius 2 is 2.22 bits per heavy atom. The number of nitrogens with one attached hydrogen (secondary N) is 1. The van der Waals surface area contributed by atoms with Gasteiger partial charge in [-0.1, -0.05) is 19.8 Å². The molecule has 1 unspecified atom stereocenters. The molecular weight excluding hydrogens is 318 g/mol. The van der Waals surface area contributed by atoms with Crippen LogP contribution in [0.3, 0.4) is 0 Å². The molecule has 0 radical (unpaired) electrons. The van der Waals surface area contributed by atoms with Gasteiger partial charge in [0.2, 0.25) is 0 Å². The number of thiophene rings is 1. The Morgan fingerprint density at radius 1 is 1.50 bits per heavy atom. The first-order valence-electron chi connectivity index (χ1n) is 5.72. The van der Waals surface area contributed by atoms with E-state index in [0.29, 0.717) is 11.3 Å². The van der Waals surface area contributed by atoms with E-state index >= 15 is 0 Å². The fraction of sp³-hybridized carbons (Fsp3) is 0.500. The molecule has 1 atom stereocenters. The van der Waals surface area contributed by atoms with Crippen LogP contribution in [0.15, 0.2) is 15.9 Å². The molecule has 0 fully saturated rings. The van der Waals surface area contributed by atoms with E-state index in [4.69, 9.17) is 4.74 Å². The molecule has 0 saturated heterocycles. The van der Waals surface area contributed by atoms with Gasteiger partial charge in [-0.3, -0.25) is 4.79 Å². The second-order valence-electron chi connectivity index (χ2n) is 3.80. The van der Waals surface area contributed by atoms with Crippen LogP contribution < -0.4 is 5.32 Å². The lowest BCUT2D eigenvalue weighted by Gasteiger charge is -2.15. The highest BCUT2D eigenvalue weighted by molar-refractivity contribution is 9.11. The van der Waals surface area contributed by atoms with Crippen LogP contribution in [0.1, 0.15) is 35.9 Å². The quantitative estimate of drug-likeness (QED) is 0.814. The normalized spacial score (nSPS) is 11.9. The van der Waals surface area contributed by atoms with Gasteiger partial charge in [0.1, 0.15) is 6.04 Å². The fourth-order valence-corrected chi connectivity index (χ4v) is 2.75. The van der Waals surface area contributed by atoms with E-state index in [1.165, 1.54) is 18.4 Å². The number of halogens is 1. The Hall–Kier alpha value is -0.880. The highest BCUT2D eigenvalue weighted by Gasteiger charge is 2.22. The molecule has 1 aromatic heterocycles. The summed E-state index contributed by atoms with van der Waals surface area (Å²) in [5.41, 5.74) is 0. The standard InChI is InChI=1S/C12H16BrNO3S/c1-3-4-5-8(12(16)17-2)14-11(15)9-6-7-10(13)18-9/h6-8H,3-5H2,1-2H3,(H,14,15). The van der Waals surface area contributed by atoms with Gasteiger partial charge in [-0.25, -0.2) is 4.79 Å². The number of rotatable bonds is 6. The number of unbranched alkanes of at least 4 members (excludes halogenated alkanes) is 1. The Labute approximate surface area is 119 Å². The lowest BCUT2D eigenvalue weighted by Crippen LogP contribution is -2.41. The highest BCUT2D eigenvalue weighted by Crippen LogP contribution is 2.22. The maximum Gasteiger partial charge on any atom is 0.328 e. The van der Waals surface area contributed by atoms with Crippen molar-refractivity contribution in [3.63, 3.8) is 0 Å². The van der Waals surface area contributed by atoms with Crippen molar-refractivity contribution in [2.24, 2.45) is 0 Å². The van der Waals surface area contributed by atoms with Crippen LogP contribution in [0, 0.1) is 0 Å². The van der Waals surface area contributed by atoms with Crippen molar-refractivity contribution in [1.82, 2.24) is 5.32 Å². The zero-order chi connectivity index (χ0) is 13.5. The van der Waals surface area contributed by atoms with Crippen LogP contribution >= 0.6 is 27.3 Å². The van der Waals surface area contributed by atoms with Crippen LogP contribution in [0.5, 0.6) is 0 Å². The van der Waals surface area contributed by atoms with Gasteiger partial charge in [0.15, 0.2) is 0 Å². The molecule has 1 N–H and O–H groups in total. The summed E-state index contributed by atoms with van der Waals surface area (Å²) < 4.78 is 5.58. The molecule has 18 heavy (non-hydrogen) atoms. The monoisotopic (exact) mass is 333 g/mol. The van der Waals surface area contributed by atoms with Gasteiger partial charge in [-0.15, -0.1) is 11.3 Å². The zero-order valence-corrected chi connectivity index (χ0v) is 12.8. The van der Waals surface area contributed by atoms with Gasteiger partial charge < -0.3 is 10.1 Å². The number of ether oxygens (including phenoxy) is 1. The van der Waals surface area contributed by atoms with Crippen LogP contribution in [0.4, 0.5) is 0 Å². The van der Waals surface area contributed by atoms with Crippen molar-refractivity contribution in [3.05, 3.63) is 20.8 Å². The molecule has 0 bridgehead atoms. The van der Waals surface area contributed by atoms with Crippen LogP contribution in [-0.4, -0.2) is 25.0 Å². The summed E-state index contributed by atoms with van der Waals surface area (Å²) in [6.45, 7) is 2.03. The zero-order valence-electron chi connectivity index (χ0n) is 10.4. The SMILES string of the molecule is CCCCC(NC(=O)c1ccc(Br)s1)C(=O)OC. The second-order valence-corrected chi connectivity index (χ2v) is 6.26. The average molecular weight is 334 g/mol. The number of carbonyl (C=O) groups excluding carboxylic acids is 2. The summed E-state index contributed by atoms with van der Waals surface area (Å²) in [6.07, 6.45) is 2.43. The van der Waals surface area contributed by atoms with E-state index < -0.39 is 12.0 Å².